The van der Waals surface area contributed by atoms with E-state index in [4.69, 9.17) is 21.9 Å². The highest BCUT2D eigenvalue weighted by atomic mass is 35.5. The summed E-state index contributed by atoms with van der Waals surface area (Å²) in [5.41, 5.74) is 9.36. The molecule has 27 heavy (non-hydrogen) atoms. The number of nitrogens with zero attached hydrogens (tertiary/aromatic N) is 3. The van der Waals surface area contributed by atoms with Gasteiger partial charge in [-0.05, 0) is 43.7 Å². The summed E-state index contributed by atoms with van der Waals surface area (Å²) in [6, 6.07) is 14.3. The van der Waals surface area contributed by atoms with Crippen LogP contribution in [0.4, 0.5) is 5.69 Å². The Balaban J connectivity index is 1.98. The second-order valence-electron chi connectivity index (χ2n) is 6.42. The van der Waals surface area contributed by atoms with Gasteiger partial charge in [0.2, 0.25) is 5.58 Å². The highest BCUT2D eigenvalue weighted by Crippen LogP contribution is 2.29. The summed E-state index contributed by atoms with van der Waals surface area (Å²) in [4.78, 5) is 13.1. The fourth-order valence-electron chi connectivity index (χ4n) is 3.12. The van der Waals surface area contributed by atoms with Gasteiger partial charge in [-0.15, -0.1) is 0 Å². The van der Waals surface area contributed by atoms with Gasteiger partial charge in [0, 0.05) is 16.3 Å². The van der Waals surface area contributed by atoms with Crippen LogP contribution >= 0.6 is 11.6 Å². The molecule has 0 bridgehead atoms. The van der Waals surface area contributed by atoms with E-state index in [-0.39, 0.29) is 11.6 Å². The molecule has 4 rings (SSSR count). The number of anilines is 1. The second-order valence-corrected chi connectivity index (χ2v) is 6.86. The number of rotatable bonds is 3. The van der Waals surface area contributed by atoms with Crippen LogP contribution in [-0.2, 0) is 0 Å². The van der Waals surface area contributed by atoms with Crippen LogP contribution < -0.4 is 11.3 Å². The highest BCUT2D eigenvalue weighted by Gasteiger charge is 2.22. The molecule has 0 amide bonds. The zero-order chi connectivity index (χ0) is 19.1. The van der Waals surface area contributed by atoms with E-state index in [1.54, 1.807) is 31.2 Å². The van der Waals surface area contributed by atoms with Crippen LogP contribution in [0, 0.1) is 6.92 Å². The highest BCUT2D eigenvalue weighted by molar-refractivity contribution is 6.30. The van der Waals surface area contributed by atoms with Crippen molar-refractivity contribution >= 4 is 28.3 Å². The van der Waals surface area contributed by atoms with Crippen LogP contribution in [0.3, 0.4) is 0 Å². The average molecular weight is 381 g/mol. The number of benzene rings is 2. The Morgan fingerprint density at radius 1 is 1.19 bits per heavy atom. The second kappa shape index (κ2) is 6.55. The first-order valence-electron chi connectivity index (χ1n) is 8.46. The van der Waals surface area contributed by atoms with Gasteiger partial charge in [0.25, 0.3) is 5.56 Å². The lowest BCUT2D eigenvalue weighted by molar-refractivity contribution is 0.448. The van der Waals surface area contributed by atoms with Crippen molar-refractivity contribution in [2.24, 2.45) is 0 Å². The third kappa shape index (κ3) is 2.98. The van der Waals surface area contributed by atoms with Crippen LogP contribution in [0.15, 0.2) is 57.8 Å². The molecule has 1 atom stereocenters. The largest absolute Gasteiger partial charge is 0.399 e. The van der Waals surface area contributed by atoms with Gasteiger partial charge in [0.05, 0.1) is 11.7 Å². The van der Waals surface area contributed by atoms with Crippen molar-refractivity contribution in [3.05, 3.63) is 75.2 Å². The molecule has 0 aliphatic carbocycles. The van der Waals surface area contributed by atoms with Crippen LogP contribution in [0.1, 0.15) is 24.2 Å². The van der Waals surface area contributed by atoms with Gasteiger partial charge in [-0.1, -0.05) is 41.0 Å². The normalized spacial score (nSPS) is 12.4. The quantitative estimate of drug-likeness (QED) is 0.538. The number of hydrogen-bond acceptors (Lipinski definition) is 5. The molecule has 0 aliphatic rings. The molecular weight excluding hydrogens is 364 g/mol. The van der Waals surface area contributed by atoms with E-state index in [0.717, 1.165) is 11.1 Å². The molecule has 0 fully saturated rings. The zero-order valence-electron chi connectivity index (χ0n) is 14.8. The van der Waals surface area contributed by atoms with E-state index < -0.39 is 0 Å². The zero-order valence-corrected chi connectivity index (χ0v) is 15.6. The predicted molar refractivity (Wildman–Crippen MR) is 106 cm³/mol. The molecule has 6 nitrogen and oxygen atoms in total. The number of nitrogens with two attached hydrogens (primary N) is 1. The molecule has 2 N–H and O–H groups in total. The molecule has 0 radical (unpaired) electrons. The lowest BCUT2D eigenvalue weighted by Gasteiger charge is -2.16. The average Bonchev–Trinajstić information content (AvgIpc) is 3.04. The molecule has 4 aromatic rings. The lowest BCUT2D eigenvalue weighted by Crippen LogP contribution is -2.27. The van der Waals surface area contributed by atoms with E-state index in [1.807, 2.05) is 31.2 Å². The van der Waals surface area contributed by atoms with E-state index in [0.29, 0.717) is 33.1 Å². The molecule has 1 unspecified atom stereocenters. The van der Waals surface area contributed by atoms with Crippen molar-refractivity contribution in [2.45, 2.75) is 19.9 Å². The van der Waals surface area contributed by atoms with Crippen molar-refractivity contribution in [1.29, 1.82) is 0 Å². The Labute approximate surface area is 160 Å². The molecule has 136 valence electrons. The Hall–Kier alpha value is -3.12. The van der Waals surface area contributed by atoms with Crippen LogP contribution in [-0.4, -0.2) is 14.9 Å². The summed E-state index contributed by atoms with van der Waals surface area (Å²) in [5, 5.41) is 9.63. The predicted octanol–water partition coefficient (Wildman–Crippen LogP) is 4.20. The monoisotopic (exact) mass is 380 g/mol. The fourth-order valence-corrected chi connectivity index (χ4v) is 3.24. The minimum atomic E-state index is -0.298. The number of fused-ring (bicyclic) bond motifs is 1. The number of aromatic nitrogens is 3. The molecule has 2 heterocycles. The van der Waals surface area contributed by atoms with E-state index in [1.165, 1.54) is 4.68 Å². The van der Waals surface area contributed by atoms with Crippen LogP contribution in [0.25, 0.3) is 22.2 Å². The standard InChI is InChI=1S/C20H17ClN4O2/c1-11-17-19(27-24-11)18(14-4-3-5-16(22)10-14)23-25(20(17)26)12(2)13-6-8-15(21)9-7-13/h3-10,12H,22H2,1-2H3. The smallest absolute Gasteiger partial charge is 0.280 e. The summed E-state index contributed by atoms with van der Waals surface area (Å²) >= 11 is 5.98. The first-order valence-corrected chi connectivity index (χ1v) is 8.83. The van der Waals surface area contributed by atoms with E-state index in [2.05, 4.69) is 10.3 Å². The van der Waals surface area contributed by atoms with E-state index in [9.17, 15) is 4.79 Å². The van der Waals surface area contributed by atoms with Gasteiger partial charge in [0.15, 0.2) is 0 Å². The van der Waals surface area contributed by atoms with Gasteiger partial charge in [-0.2, -0.15) is 5.10 Å². The molecule has 0 spiro atoms. The summed E-state index contributed by atoms with van der Waals surface area (Å²) in [6.07, 6.45) is 0. The third-order valence-corrected chi connectivity index (χ3v) is 4.84. The number of halogens is 1. The number of hydrogen-bond donors (Lipinski definition) is 1. The minimum absolute atomic E-state index is 0.251. The molecule has 0 saturated heterocycles. The van der Waals surface area contributed by atoms with Gasteiger partial charge in [0.1, 0.15) is 11.1 Å². The molecule has 2 aromatic heterocycles. The van der Waals surface area contributed by atoms with E-state index >= 15 is 0 Å². The maximum Gasteiger partial charge on any atom is 0.280 e. The molecule has 0 aliphatic heterocycles. The topological polar surface area (TPSA) is 86.9 Å². The Morgan fingerprint density at radius 2 is 1.93 bits per heavy atom. The van der Waals surface area contributed by atoms with Gasteiger partial charge >= 0.3 is 0 Å². The molecular formula is C20H17ClN4O2. The molecule has 2 aromatic carbocycles. The maximum absolute atomic E-state index is 13.1. The van der Waals surface area contributed by atoms with Gasteiger partial charge in [-0.25, -0.2) is 4.68 Å². The number of aryl methyl sites for hydroxylation is 1. The first kappa shape index (κ1) is 17.3. The summed E-state index contributed by atoms with van der Waals surface area (Å²) in [7, 11) is 0. The van der Waals surface area contributed by atoms with Crippen molar-refractivity contribution in [3.8, 4) is 11.3 Å². The van der Waals surface area contributed by atoms with Gasteiger partial charge in [-0.3, -0.25) is 4.79 Å². The SMILES string of the molecule is Cc1noc2c(-c3cccc(N)c3)nn(C(C)c3ccc(Cl)cc3)c(=O)c12. The Morgan fingerprint density at radius 3 is 2.63 bits per heavy atom. The summed E-state index contributed by atoms with van der Waals surface area (Å²) in [6.45, 7) is 3.66. The van der Waals surface area contributed by atoms with Crippen LogP contribution in [0.5, 0.6) is 0 Å². The van der Waals surface area contributed by atoms with Crippen LogP contribution in [0.2, 0.25) is 5.02 Å². The minimum Gasteiger partial charge on any atom is -0.399 e. The van der Waals surface area contributed by atoms with Crippen molar-refractivity contribution in [2.75, 3.05) is 5.73 Å². The molecule has 0 saturated carbocycles. The Kier molecular flexibility index (Phi) is 4.20. The van der Waals surface area contributed by atoms with Gasteiger partial charge < -0.3 is 10.3 Å². The first-order chi connectivity index (χ1) is 13.0. The maximum atomic E-state index is 13.1. The van der Waals surface area contributed by atoms with Crippen molar-refractivity contribution in [3.63, 3.8) is 0 Å². The lowest BCUT2D eigenvalue weighted by atomic mass is 10.1. The van der Waals surface area contributed by atoms with Crippen molar-refractivity contribution < 1.29 is 4.52 Å². The fraction of sp³-hybridized carbons (Fsp3) is 0.150. The molecule has 7 heteroatoms. The summed E-state index contributed by atoms with van der Waals surface area (Å²) < 4.78 is 6.88. The summed E-state index contributed by atoms with van der Waals surface area (Å²) in [5.74, 6) is 0. The Bertz CT molecular complexity index is 1200. The third-order valence-electron chi connectivity index (χ3n) is 4.59. The number of nitrogen functional groups attached to an aromatic ring is 1. The van der Waals surface area contributed by atoms with Crippen molar-refractivity contribution in [1.82, 2.24) is 14.9 Å².